The van der Waals surface area contributed by atoms with Gasteiger partial charge in [0.15, 0.2) is 0 Å². The number of amides is 1. The van der Waals surface area contributed by atoms with Gasteiger partial charge in [0.25, 0.3) is 0 Å². The molecule has 0 bridgehead atoms. The molecule has 1 aliphatic rings. The van der Waals surface area contributed by atoms with Gasteiger partial charge in [0.2, 0.25) is 17.6 Å². The third-order valence-corrected chi connectivity index (χ3v) is 5.24. The predicted molar refractivity (Wildman–Crippen MR) is 113 cm³/mol. The highest BCUT2D eigenvalue weighted by Crippen LogP contribution is 2.19. The van der Waals surface area contributed by atoms with Crippen LogP contribution in [0, 0.1) is 0 Å². The molecule has 1 saturated heterocycles. The number of hydrogen-bond donors (Lipinski definition) is 0. The number of halogens is 1. The van der Waals surface area contributed by atoms with Crippen molar-refractivity contribution in [3.63, 3.8) is 0 Å². The van der Waals surface area contributed by atoms with Crippen molar-refractivity contribution in [1.82, 2.24) is 19.9 Å². The Kier molecular flexibility index (Phi) is 6.74. The minimum atomic E-state index is 0.0217. The highest BCUT2D eigenvalue weighted by Gasteiger charge is 2.22. The van der Waals surface area contributed by atoms with Crippen LogP contribution in [0.1, 0.15) is 11.5 Å². The van der Waals surface area contributed by atoms with Crippen molar-refractivity contribution in [2.45, 2.75) is 13.2 Å². The summed E-state index contributed by atoms with van der Waals surface area (Å²) in [6.45, 7) is 3.93. The minimum absolute atomic E-state index is 0.0217. The Hall–Kier alpha value is -2.74. The number of rotatable bonds is 7. The van der Waals surface area contributed by atoms with E-state index in [9.17, 15) is 4.79 Å². The molecule has 7 nitrogen and oxygen atoms in total. The average Bonchev–Trinajstić information content (AvgIpc) is 3.24. The fourth-order valence-corrected chi connectivity index (χ4v) is 3.43. The van der Waals surface area contributed by atoms with Crippen molar-refractivity contribution < 1.29 is 14.1 Å². The average molecular weight is 427 g/mol. The number of carbonyl (C=O) groups excluding carboxylic acids is 1. The topological polar surface area (TPSA) is 71.7 Å². The van der Waals surface area contributed by atoms with Crippen LogP contribution in [0.25, 0.3) is 11.4 Å². The number of benzene rings is 2. The van der Waals surface area contributed by atoms with Crippen LogP contribution in [-0.2, 0) is 22.7 Å². The van der Waals surface area contributed by atoms with Crippen molar-refractivity contribution in [2.75, 3.05) is 32.8 Å². The highest BCUT2D eigenvalue weighted by atomic mass is 35.5. The fraction of sp³-hybridized carbons (Fsp3) is 0.318. The van der Waals surface area contributed by atoms with Gasteiger partial charge in [0.1, 0.15) is 6.61 Å². The summed E-state index contributed by atoms with van der Waals surface area (Å²) in [5.74, 6) is 1.13. The first-order valence-corrected chi connectivity index (χ1v) is 10.3. The van der Waals surface area contributed by atoms with E-state index in [0.29, 0.717) is 43.0 Å². The zero-order valence-corrected chi connectivity index (χ0v) is 17.3. The molecular formula is C22H23ClN4O3. The summed E-state index contributed by atoms with van der Waals surface area (Å²) in [4.78, 5) is 20.9. The van der Waals surface area contributed by atoms with E-state index in [-0.39, 0.29) is 12.5 Å². The number of aromatic nitrogens is 2. The van der Waals surface area contributed by atoms with E-state index >= 15 is 0 Å². The van der Waals surface area contributed by atoms with Gasteiger partial charge in [-0.1, -0.05) is 47.1 Å². The van der Waals surface area contributed by atoms with Gasteiger partial charge >= 0.3 is 0 Å². The Morgan fingerprint density at radius 2 is 1.77 bits per heavy atom. The van der Waals surface area contributed by atoms with Crippen molar-refractivity contribution in [3.05, 3.63) is 71.1 Å². The number of carbonyl (C=O) groups is 1. The highest BCUT2D eigenvalue weighted by molar-refractivity contribution is 6.30. The van der Waals surface area contributed by atoms with Crippen molar-refractivity contribution in [1.29, 1.82) is 0 Å². The lowest BCUT2D eigenvalue weighted by molar-refractivity contribution is -0.138. The van der Waals surface area contributed by atoms with Crippen molar-refractivity contribution in [3.8, 4) is 11.4 Å². The Morgan fingerprint density at radius 3 is 2.50 bits per heavy atom. The molecule has 0 saturated carbocycles. The smallest absolute Gasteiger partial charge is 0.248 e. The Morgan fingerprint density at radius 1 is 1.03 bits per heavy atom. The molecule has 0 radical (unpaired) electrons. The standard InChI is InChI=1S/C22H23ClN4O3/c23-19-8-6-18(7-9-19)22-24-20(30-25-22)14-26-10-12-27(13-11-26)21(28)16-29-15-17-4-2-1-3-5-17/h1-9H,10-16H2. The Labute approximate surface area is 180 Å². The summed E-state index contributed by atoms with van der Waals surface area (Å²) in [5, 5.41) is 4.71. The second-order valence-electron chi connectivity index (χ2n) is 7.15. The lowest BCUT2D eigenvalue weighted by Gasteiger charge is -2.33. The maximum absolute atomic E-state index is 12.4. The number of nitrogens with zero attached hydrogens (tertiary/aromatic N) is 4. The lowest BCUT2D eigenvalue weighted by Crippen LogP contribution is -2.49. The first kappa shape index (κ1) is 20.5. The minimum Gasteiger partial charge on any atom is -0.367 e. The van der Waals surface area contributed by atoms with E-state index in [1.54, 1.807) is 12.1 Å². The van der Waals surface area contributed by atoms with E-state index in [1.807, 2.05) is 47.4 Å². The van der Waals surface area contributed by atoms with E-state index in [1.165, 1.54) is 0 Å². The summed E-state index contributed by atoms with van der Waals surface area (Å²) in [6, 6.07) is 17.2. The van der Waals surface area contributed by atoms with Gasteiger partial charge in [0, 0.05) is 36.8 Å². The molecule has 0 spiro atoms. The van der Waals surface area contributed by atoms with Gasteiger partial charge < -0.3 is 14.2 Å². The molecule has 4 rings (SSSR count). The second kappa shape index (κ2) is 9.84. The van der Waals surface area contributed by atoms with Crippen LogP contribution < -0.4 is 0 Å². The van der Waals surface area contributed by atoms with Gasteiger partial charge in [0.05, 0.1) is 13.2 Å². The molecule has 1 fully saturated rings. The van der Waals surface area contributed by atoms with Crippen LogP contribution in [0.4, 0.5) is 0 Å². The first-order valence-electron chi connectivity index (χ1n) is 9.88. The van der Waals surface area contributed by atoms with Gasteiger partial charge in [-0.15, -0.1) is 0 Å². The molecule has 2 aromatic carbocycles. The molecule has 1 amide bonds. The molecule has 8 heteroatoms. The summed E-state index contributed by atoms with van der Waals surface area (Å²) < 4.78 is 10.9. The second-order valence-corrected chi connectivity index (χ2v) is 7.59. The maximum Gasteiger partial charge on any atom is 0.248 e. The summed E-state index contributed by atoms with van der Waals surface area (Å²) in [6.07, 6.45) is 0. The maximum atomic E-state index is 12.4. The van der Waals surface area contributed by atoms with Crippen LogP contribution in [0.3, 0.4) is 0 Å². The van der Waals surface area contributed by atoms with Gasteiger partial charge in [-0.3, -0.25) is 9.69 Å². The Bertz CT molecular complexity index is 954. The molecule has 1 aliphatic heterocycles. The molecule has 1 aromatic heterocycles. The van der Waals surface area contributed by atoms with Crippen LogP contribution in [0.2, 0.25) is 5.02 Å². The van der Waals surface area contributed by atoms with Crippen LogP contribution >= 0.6 is 11.6 Å². The Balaban J connectivity index is 1.21. The van der Waals surface area contributed by atoms with Gasteiger partial charge in [-0.2, -0.15) is 4.98 Å². The van der Waals surface area contributed by atoms with Gasteiger partial charge in [-0.05, 0) is 29.8 Å². The zero-order valence-electron chi connectivity index (χ0n) is 16.5. The number of piperazine rings is 1. The molecule has 156 valence electrons. The largest absolute Gasteiger partial charge is 0.367 e. The quantitative estimate of drug-likeness (QED) is 0.577. The molecule has 3 aromatic rings. The van der Waals surface area contributed by atoms with Crippen LogP contribution in [-0.4, -0.2) is 58.6 Å². The molecule has 0 atom stereocenters. The molecule has 0 unspecified atom stereocenters. The lowest BCUT2D eigenvalue weighted by atomic mass is 10.2. The number of hydrogen-bond acceptors (Lipinski definition) is 6. The molecular weight excluding hydrogens is 404 g/mol. The van der Waals surface area contributed by atoms with E-state index in [2.05, 4.69) is 15.0 Å². The summed E-state index contributed by atoms with van der Waals surface area (Å²) >= 11 is 5.92. The van der Waals surface area contributed by atoms with E-state index in [4.69, 9.17) is 20.9 Å². The molecule has 2 heterocycles. The van der Waals surface area contributed by atoms with Crippen LogP contribution in [0.5, 0.6) is 0 Å². The van der Waals surface area contributed by atoms with Gasteiger partial charge in [-0.25, -0.2) is 0 Å². The molecule has 0 aliphatic carbocycles. The monoisotopic (exact) mass is 426 g/mol. The van der Waals surface area contributed by atoms with E-state index in [0.717, 1.165) is 24.2 Å². The summed E-state index contributed by atoms with van der Waals surface area (Å²) in [5.41, 5.74) is 1.92. The predicted octanol–water partition coefficient (Wildman–Crippen LogP) is 3.25. The third kappa shape index (κ3) is 5.44. The molecule has 0 N–H and O–H groups in total. The normalized spacial score (nSPS) is 14.8. The summed E-state index contributed by atoms with van der Waals surface area (Å²) in [7, 11) is 0. The first-order chi connectivity index (χ1) is 14.7. The number of ether oxygens (including phenoxy) is 1. The van der Waals surface area contributed by atoms with Crippen molar-refractivity contribution in [2.24, 2.45) is 0 Å². The third-order valence-electron chi connectivity index (χ3n) is 4.99. The van der Waals surface area contributed by atoms with E-state index < -0.39 is 0 Å². The fourth-order valence-electron chi connectivity index (χ4n) is 3.30. The SMILES string of the molecule is O=C(COCc1ccccc1)N1CCN(Cc2nc(-c3ccc(Cl)cc3)no2)CC1. The zero-order chi connectivity index (χ0) is 20.8. The molecule has 30 heavy (non-hydrogen) atoms. The van der Waals surface area contributed by atoms with Crippen LogP contribution in [0.15, 0.2) is 59.1 Å². The van der Waals surface area contributed by atoms with Crippen molar-refractivity contribution >= 4 is 17.5 Å².